The van der Waals surface area contributed by atoms with Crippen molar-refractivity contribution >= 4 is 17.7 Å². The minimum atomic E-state index is -0.0502. The van der Waals surface area contributed by atoms with Crippen molar-refractivity contribution in [1.29, 1.82) is 0 Å². The third-order valence-electron chi connectivity index (χ3n) is 6.04. The highest BCUT2D eigenvalue weighted by Crippen LogP contribution is 2.25. The van der Waals surface area contributed by atoms with E-state index in [1.165, 1.54) is 12.8 Å². The molecule has 1 unspecified atom stereocenters. The fraction of sp³-hybridized carbons (Fsp3) is 0.522. The largest absolute Gasteiger partial charge is 0.353 e. The molecule has 0 bridgehead atoms. The molecule has 1 atom stereocenters. The van der Waals surface area contributed by atoms with Gasteiger partial charge in [-0.25, -0.2) is 4.98 Å². The van der Waals surface area contributed by atoms with Crippen LogP contribution in [0, 0.1) is 6.92 Å². The first kappa shape index (κ1) is 19.7. The number of nitrogens with zero attached hydrogens (tertiary/aromatic N) is 5. The Labute approximate surface area is 173 Å². The Morgan fingerprint density at radius 3 is 2.31 bits per heavy atom. The summed E-state index contributed by atoms with van der Waals surface area (Å²) in [5.74, 6) is 2.04. The van der Waals surface area contributed by atoms with Gasteiger partial charge in [-0.15, -0.1) is 0 Å². The molecule has 154 valence electrons. The van der Waals surface area contributed by atoms with Crippen LogP contribution in [0.5, 0.6) is 0 Å². The lowest BCUT2D eigenvalue weighted by atomic mass is 9.95. The van der Waals surface area contributed by atoms with E-state index < -0.39 is 0 Å². The molecule has 0 spiro atoms. The van der Waals surface area contributed by atoms with Crippen LogP contribution in [0.2, 0.25) is 0 Å². The van der Waals surface area contributed by atoms with E-state index in [0.29, 0.717) is 0 Å². The number of hydrogen-bond acceptors (Lipinski definition) is 5. The lowest BCUT2D eigenvalue weighted by Gasteiger charge is -2.37. The second-order valence-corrected chi connectivity index (χ2v) is 8.05. The molecule has 6 nitrogen and oxygen atoms in total. The highest BCUT2D eigenvalue weighted by atomic mass is 16.2. The molecule has 6 heteroatoms. The van der Waals surface area contributed by atoms with Crippen LogP contribution in [0.4, 0.5) is 11.8 Å². The molecule has 1 aromatic heterocycles. The van der Waals surface area contributed by atoms with Gasteiger partial charge in [0.15, 0.2) is 0 Å². The summed E-state index contributed by atoms with van der Waals surface area (Å²) in [5.41, 5.74) is 2.12. The zero-order valence-corrected chi connectivity index (χ0v) is 17.5. The third kappa shape index (κ3) is 4.36. The maximum Gasteiger partial charge on any atom is 0.230 e. The molecular formula is C23H31N5O. The van der Waals surface area contributed by atoms with Crippen LogP contribution >= 0.6 is 0 Å². The molecule has 3 heterocycles. The molecule has 0 N–H and O–H groups in total. The van der Waals surface area contributed by atoms with Gasteiger partial charge in [-0.1, -0.05) is 37.3 Å². The highest BCUT2D eigenvalue weighted by Gasteiger charge is 2.28. The van der Waals surface area contributed by atoms with Crippen LogP contribution in [-0.4, -0.2) is 60.0 Å². The van der Waals surface area contributed by atoms with Gasteiger partial charge < -0.3 is 14.7 Å². The van der Waals surface area contributed by atoms with E-state index in [-0.39, 0.29) is 11.8 Å². The zero-order valence-electron chi connectivity index (χ0n) is 17.5. The number of carbonyl (C=O) groups excluding carboxylic acids is 1. The second kappa shape index (κ2) is 8.80. The van der Waals surface area contributed by atoms with Crippen LogP contribution < -0.4 is 9.80 Å². The molecule has 2 aliphatic heterocycles. The maximum atomic E-state index is 13.1. The lowest BCUT2D eigenvalue weighted by Crippen LogP contribution is -2.50. The quantitative estimate of drug-likeness (QED) is 0.781. The number of aryl methyl sites for hydroxylation is 1. The summed E-state index contributed by atoms with van der Waals surface area (Å²) >= 11 is 0. The molecule has 0 saturated carbocycles. The van der Waals surface area contributed by atoms with Crippen molar-refractivity contribution < 1.29 is 4.79 Å². The van der Waals surface area contributed by atoms with Crippen LogP contribution in [0.3, 0.4) is 0 Å². The van der Waals surface area contributed by atoms with Gasteiger partial charge in [0.25, 0.3) is 0 Å². The Morgan fingerprint density at radius 1 is 0.966 bits per heavy atom. The van der Waals surface area contributed by atoms with Gasteiger partial charge in [0, 0.05) is 51.0 Å². The maximum absolute atomic E-state index is 13.1. The summed E-state index contributed by atoms with van der Waals surface area (Å²) < 4.78 is 0. The summed E-state index contributed by atoms with van der Waals surface area (Å²) in [4.78, 5) is 29.2. The first-order valence-electron chi connectivity index (χ1n) is 10.8. The number of rotatable bonds is 5. The Hall–Kier alpha value is -2.63. The molecule has 1 aromatic carbocycles. The van der Waals surface area contributed by atoms with Crippen molar-refractivity contribution in [1.82, 2.24) is 14.9 Å². The Morgan fingerprint density at radius 2 is 1.66 bits per heavy atom. The summed E-state index contributed by atoms with van der Waals surface area (Å²) in [6.45, 7) is 9.33. The van der Waals surface area contributed by atoms with Crippen molar-refractivity contribution in [2.24, 2.45) is 0 Å². The van der Waals surface area contributed by atoms with Crippen LogP contribution in [0.15, 0.2) is 36.4 Å². The average molecular weight is 394 g/mol. The van der Waals surface area contributed by atoms with E-state index in [2.05, 4.69) is 39.9 Å². The molecular weight excluding hydrogens is 362 g/mol. The fourth-order valence-corrected chi connectivity index (χ4v) is 4.37. The standard InChI is InChI=1S/C23H31N5O/c1-3-20(19-9-5-4-6-10-19)22(29)27-15-13-26(14-16-27)21-17-18(2)24-23(25-21)28-11-7-8-12-28/h4-6,9-10,17,20H,3,7-8,11-16H2,1-2H3. The van der Waals surface area contributed by atoms with E-state index >= 15 is 0 Å². The fourth-order valence-electron chi connectivity index (χ4n) is 4.37. The van der Waals surface area contributed by atoms with Gasteiger partial charge in [-0.2, -0.15) is 4.98 Å². The van der Waals surface area contributed by atoms with Crippen molar-refractivity contribution in [2.45, 2.75) is 39.0 Å². The summed E-state index contributed by atoms with van der Waals surface area (Å²) in [7, 11) is 0. The smallest absolute Gasteiger partial charge is 0.230 e. The molecule has 29 heavy (non-hydrogen) atoms. The number of benzene rings is 1. The Bertz CT molecular complexity index is 826. The van der Waals surface area contributed by atoms with Crippen LogP contribution in [0.25, 0.3) is 0 Å². The molecule has 0 aliphatic carbocycles. The van der Waals surface area contributed by atoms with Crippen LogP contribution in [-0.2, 0) is 4.79 Å². The lowest BCUT2D eigenvalue weighted by molar-refractivity contribution is -0.133. The topological polar surface area (TPSA) is 52.6 Å². The summed E-state index contributed by atoms with van der Waals surface area (Å²) in [6.07, 6.45) is 3.26. The van der Waals surface area contributed by atoms with Crippen molar-refractivity contribution in [3.63, 3.8) is 0 Å². The number of carbonyl (C=O) groups is 1. The molecule has 2 aromatic rings. The zero-order chi connectivity index (χ0) is 20.2. The monoisotopic (exact) mass is 393 g/mol. The highest BCUT2D eigenvalue weighted by molar-refractivity contribution is 5.84. The van der Waals surface area contributed by atoms with E-state index in [1.807, 2.05) is 30.0 Å². The number of anilines is 2. The second-order valence-electron chi connectivity index (χ2n) is 8.05. The summed E-state index contributed by atoms with van der Waals surface area (Å²) in [5, 5.41) is 0. The van der Waals surface area contributed by atoms with Gasteiger partial charge >= 0.3 is 0 Å². The van der Waals surface area contributed by atoms with Gasteiger partial charge in [-0.3, -0.25) is 4.79 Å². The predicted molar refractivity (Wildman–Crippen MR) is 116 cm³/mol. The van der Waals surface area contributed by atoms with Gasteiger partial charge in [0.1, 0.15) is 5.82 Å². The first-order chi connectivity index (χ1) is 14.2. The normalized spacial score (nSPS) is 18.2. The molecule has 2 saturated heterocycles. The number of piperazine rings is 1. The first-order valence-corrected chi connectivity index (χ1v) is 10.8. The number of aromatic nitrogens is 2. The third-order valence-corrected chi connectivity index (χ3v) is 6.04. The van der Waals surface area contributed by atoms with E-state index in [1.54, 1.807) is 0 Å². The molecule has 1 amide bonds. The Balaban J connectivity index is 1.42. The minimum absolute atomic E-state index is 0.0502. The van der Waals surface area contributed by atoms with Crippen molar-refractivity contribution in [3.8, 4) is 0 Å². The molecule has 2 aliphatic rings. The molecule has 4 rings (SSSR count). The van der Waals surface area contributed by atoms with Crippen LogP contribution in [0.1, 0.15) is 43.4 Å². The number of hydrogen-bond donors (Lipinski definition) is 0. The predicted octanol–water partition coefficient (Wildman–Crippen LogP) is 3.23. The Kier molecular flexibility index (Phi) is 5.97. The SMILES string of the molecule is CCC(C(=O)N1CCN(c2cc(C)nc(N3CCCC3)n2)CC1)c1ccccc1. The minimum Gasteiger partial charge on any atom is -0.353 e. The van der Waals surface area contributed by atoms with E-state index in [9.17, 15) is 4.79 Å². The van der Waals surface area contributed by atoms with E-state index in [0.717, 1.165) is 68.7 Å². The number of amides is 1. The van der Waals surface area contributed by atoms with E-state index in [4.69, 9.17) is 4.98 Å². The van der Waals surface area contributed by atoms with Gasteiger partial charge in [0.2, 0.25) is 11.9 Å². The van der Waals surface area contributed by atoms with Crippen molar-refractivity contribution in [3.05, 3.63) is 47.7 Å². The average Bonchev–Trinajstić information content (AvgIpc) is 3.30. The van der Waals surface area contributed by atoms with Gasteiger partial charge in [0.05, 0.1) is 5.92 Å². The van der Waals surface area contributed by atoms with Crippen molar-refractivity contribution in [2.75, 3.05) is 49.1 Å². The summed E-state index contributed by atoms with van der Waals surface area (Å²) in [6, 6.07) is 12.2. The molecule has 0 radical (unpaired) electrons. The van der Waals surface area contributed by atoms with Gasteiger partial charge in [-0.05, 0) is 31.7 Å². The molecule has 2 fully saturated rings.